The summed E-state index contributed by atoms with van der Waals surface area (Å²) in [7, 11) is 1.57. The van der Waals surface area contributed by atoms with Gasteiger partial charge >= 0.3 is 0 Å². The molecular weight excluding hydrogens is 486 g/mol. The lowest BCUT2D eigenvalue weighted by Crippen LogP contribution is -2.37. The highest BCUT2D eigenvalue weighted by molar-refractivity contribution is 6.08. The van der Waals surface area contributed by atoms with E-state index in [-0.39, 0.29) is 18.3 Å². The molecule has 0 aliphatic carbocycles. The fourth-order valence-corrected chi connectivity index (χ4v) is 4.57. The maximum absolute atomic E-state index is 12.9. The first-order valence-electron chi connectivity index (χ1n) is 11.6. The van der Waals surface area contributed by atoms with Crippen molar-refractivity contribution in [2.45, 2.75) is 12.3 Å². The van der Waals surface area contributed by atoms with Crippen molar-refractivity contribution >= 4 is 40.8 Å². The Bertz CT molecular complexity index is 1280. The van der Waals surface area contributed by atoms with Crippen LogP contribution in [-0.4, -0.2) is 73.2 Å². The predicted octanol–water partition coefficient (Wildman–Crippen LogP) is 2.34. The SMILES string of the molecule is COc1cc2c(C3C(=O)Nc4ccc(C(N)=O)cc43)ncnc2cc1OCCCN1CCOCC1.Cl. The molecule has 1 unspecified atom stereocenters. The van der Waals surface area contributed by atoms with E-state index in [9.17, 15) is 9.59 Å². The van der Waals surface area contributed by atoms with E-state index in [1.165, 1.54) is 6.33 Å². The highest BCUT2D eigenvalue weighted by Crippen LogP contribution is 2.41. The fourth-order valence-electron chi connectivity index (χ4n) is 4.57. The van der Waals surface area contributed by atoms with Crippen LogP contribution >= 0.6 is 12.4 Å². The lowest BCUT2D eigenvalue weighted by molar-refractivity contribution is -0.116. The number of carbonyl (C=O) groups excluding carboxylic acids is 2. The first-order valence-corrected chi connectivity index (χ1v) is 11.6. The molecule has 0 radical (unpaired) electrons. The Morgan fingerprint density at radius 2 is 2.00 bits per heavy atom. The lowest BCUT2D eigenvalue weighted by Gasteiger charge is -2.26. The number of hydrogen-bond acceptors (Lipinski definition) is 8. The molecule has 2 aromatic carbocycles. The number of morpholine rings is 1. The third kappa shape index (κ3) is 5.06. The summed E-state index contributed by atoms with van der Waals surface area (Å²) in [5, 5.41) is 3.53. The number of primary amides is 1. The Balaban J connectivity index is 0.00000304. The minimum Gasteiger partial charge on any atom is -0.493 e. The third-order valence-electron chi connectivity index (χ3n) is 6.37. The summed E-state index contributed by atoms with van der Waals surface area (Å²) in [5.74, 6) is -0.386. The number of ether oxygens (including phenoxy) is 3. The molecule has 1 aromatic heterocycles. The Morgan fingerprint density at radius 1 is 1.19 bits per heavy atom. The third-order valence-corrected chi connectivity index (χ3v) is 6.37. The van der Waals surface area contributed by atoms with Gasteiger partial charge < -0.3 is 25.3 Å². The van der Waals surface area contributed by atoms with Gasteiger partial charge in [0.05, 0.1) is 38.1 Å². The first kappa shape index (κ1) is 25.6. The maximum atomic E-state index is 12.9. The van der Waals surface area contributed by atoms with Crippen LogP contribution in [0.5, 0.6) is 11.5 Å². The summed E-state index contributed by atoms with van der Waals surface area (Å²) < 4.78 is 17.0. The molecule has 3 N–H and O–H groups in total. The number of amides is 2. The first-order chi connectivity index (χ1) is 17.0. The van der Waals surface area contributed by atoms with Gasteiger partial charge in [0.1, 0.15) is 12.2 Å². The maximum Gasteiger partial charge on any atom is 0.248 e. The molecule has 11 heteroatoms. The van der Waals surface area contributed by atoms with Crippen LogP contribution < -0.4 is 20.5 Å². The average molecular weight is 514 g/mol. The van der Waals surface area contributed by atoms with E-state index >= 15 is 0 Å². The molecule has 3 aromatic rings. The summed E-state index contributed by atoms with van der Waals surface area (Å²) >= 11 is 0. The van der Waals surface area contributed by atoms with Crippen LogP contribution in [0.2, 0.25) is 0 Å². The van der Waals surface area contributed by atoms with Crippen LogP contribution in [0.4, 0.5) is 5.69 Å². The van der Waals surface area contributed by atoms with Crippen molar-refractivity contribution in [2.75, 3.05) is 51.9 Å². The Labute approximate surface area is 214 Å². The smallest absolute Gasteiger partial charge is 0.248 e. The molecule has 10 nitrogen and oxygen atoms in total. The number of benzene rings is 2. The van der Waals surface area contributed by atoms with E-state index in [2.05, 4.69) is 20.2 Å². The van der Waals surface area contributed by atoms with Crippen molar-refractivity contribution in [3.63, 3.8) is 0 Å². The average Bonchev–Trinajstić information content (AvgIpc) is 3.21. The molecule has 2 aliphatic heterocycles. The van der Waals surface area contributed by atoms with Gasteiger partial charge in [0.15, 0.2) is 11.5 Å². The summed E-state index contributed by atoms with van der Waals surface area (Å²) in [4.78, 5) is 35.8. The second-order valence-electron chi connectivity index (χ2n) is 8.52. The van der Waals surface area contributed by atoms with E-state index in [0.717, 1.165) is 39.3 Å². The zero-order valence-corrected chi connectivity index (χ0v) is 20.7. The minimum absolute atomic E-state index is 0. The number of methoxy groups -OCH3 is 1. The van der Waals surface area contributed by atoms with Crippen LogP contribution in [0.3, 0.4) is 0 Å². The van der Waals surface area contributed by atoms with Crippen LogP contribution in [-0.2, 0) is 9.53 Å². The largest absolute Gasteiger partial charge is 0.493 e. The quantitative estimate of drug-likeness (QED) is 0.439. The number of hydrogen-bond donors (Lipinski definition) is 2. The Kier molecular flexibility index (Phi) is 7.88. The van der Waals surface area contributed by atoms with E-state index in [0.29, 0.717) is 51.5 Å². The molecular formula is C25H28ClN5O5. The van der Waals surface area contributed by atoms with Gasteiger partial charge in [-0.15, -0.1) is 12.4 Å². The molecule has 3 heterocycles. The Morgan fingerprint density at radius 3 is 2.75 bits per heavy atom. The van der Waals surface area contributed by atoms with Gasteiger partial charge in [0, 0.05) is 42.3 Å². The lowest BCUT2D eigenvalue weighted by atomic mass is 9.92. The van der Waals surface area contributed by atoms with Gasteiger partial charge in [-0.1, -0.05) is 0 Å². The van der Waals surface area contributed by atoms with E-state index in [1.807, 2.05) is 6.07 Å². The fraction of sp³-hybridized carbons (Fsp3) is 0.360. The van der Waals surface area contributed by atoms with Gasteiger partial charge in [-0.25, -0.2) is 9.97 Å². The van der Waals surface area contributed by atoms with Gasteiger partial charge in [0.25, 0.3) is 0 Å². The van der Waals surface area contributed by atoms with Crippen molar-refractivity contribution in [1.82, 2.24) is 14.9 Å². The molecule has 2 amide bonds. The number of fused-ring (bicyclic) bond motifs is 2. The van der Waals surface area contributed by atoms with Gasteiger partial charge in [0.2, 0.25) is 11.8 Å². The molecule has 190 valence electrons. The summed E-state index contributed by atoms with van der Waals surface area (Å²) in [6.07, 6.45) is 2.30. The second kappa shape index (κ2) is 11.1. The molecule has 0 spiro atoms. The number of rotatable bonds is 8. The summed E-state index contributed by atoms with van der Waals surface area (Å²) in [6.45, 7) is 4.90. The standard InChI is InChI=1S/C25H27N5O5.ClH/c1-33-20-12-17-19(13-21(20)35-8-2-5-30-6-9-34-10-7-30)27-14-28-23(17)22-16-11-15(24(26)31)3-4-18(16)29-25(22)32;/h3-4,11-14,22H,2,5-10H2,1H3,(H2,26,31)(H,29,32);1H. The number of anilines is 1. The van der Waals surface area contributed by atoms with Crippen LogP contribution in [0.15, 0.2) is 36.7 Å². The van der Waals surface area contributed by atoms with E-state index in [4.69, 9.17) is 19.9 Å². The number of halogens is 1. The zero-order valence-electron chi connectivity index (χ0n) is 19.9. The van der Waals surface area contributed by atoms with Gasteiger partial charge in [-0.3, -0.25) is 14.5 Å². The Hall–Kier alpha value is -3.47. The number of nitrogens with one attached hydrogen (secondary N) is 1. The highest BCUT2D eigenvalue weighted by atomic mass is 35.5. The number of nitrogens with two attached hydrogens (primary N) is 1. The van der Waals surface area contributed by atoms with Crippen LogP contribution in [0.1, 0.15) is 34.0 Å². The zero-order chi connectivity index (χ0) is 24.4. The normalized spacial score (nSPS) is 17.2. The number of aromatic nitrogens is 2. The minimum atomic E-state index is -0.709. The molecule has 1 fully saturated rings. The van der Waals surface area contributed by atoms with Crippen molar-refractivity contribution in [3.8, 4) is 11.5 Å². The molecule has 2 aliphatic rings. The molecule has 0 bridgehead atoms. The van der Waals surface area contributed by atoms with Gasteiger partial charge in [-0.05, 0) is 36.2 Å². The van der Waals surface area contributed by atoms with Crippen LogP contribution in [0, 0.1) is 0 Å². The molecule has 36 heavy (non-hydrogen) atoms. The number of nitrogens with zero attached hydrogens (tertiary/aromatic N) is 3. The molecule has 5 rings (SSSR count). The van der Waals surface area contributed by atoms with Crippen molar-refractivity contribution < 1.29 is 23.8 Å². The monoisotopic (exact) mass is 513 g/mol. The summed E-state index contributed by atoms with van der Waals surface area (Å²) in [6, 6.07) is 8.51. The van der Waals surface area contributed by atoms with Crippen molar-refractivity contribution in [1.29, 1.82) is 0 Å². The summed E-state index contributed by atoms with van der Waals surface area (Å²) in [5.41, 5.74) is 8.21. The van der Waals surface area contributed by atoms with Crippen LogP contribution in [0.25, 0.3) is 10.9 Å². The van der Waals surface area contributed by atoms with E-state index < -0.39 is 11.8 Å². The topological polar surface area (TPSA) is 129 Å². The molecule has 1 saturated heterocycles. The van der Waals surface area contributed by atoms with Crippen molar-refractivity contribution in [2.24, 2.45) is 5.73 Å². The number of carbonyl (C=O) groups is 2. The highest BCUT2D eigenvalue weighted by Gasteiger charge is 2.35. The van der Waals surface area contributed by atoms with E-state index in [1.54, 1.807) is 31.4 Å². The molecule has 0 saturated carbocycles. The van der Waals surface area contributed by atoms with Crippen molar-refractivity contribution in [3.05, 3.63) is 53.5 Å². The van der Waals surface area contributed by atoms with Gasteiger partial charge in [-0.2, -0.15) is 0 Å². The second-order valence-corrected chi connectivity index (χ2v) is 8.52. The molecule has 1 atom stereocenters. The predicted molar refractivity (Wildman–Crippen MR) is 136 cm³/mol.